The average molecular weight is 383 g/mol. The van der Waals surface area contributed by atoms with Gasteiger partial charge in [0.25, 0.3) is 0 Å². The van der Waals surface area contributed by atoms with Crippen molar-refractivity contribution in [2.75, 3.05) is 0 Å². The van der Waals surface area contributed by atoms with Gasteiger partial charge in [0.1, 0.15) is 0 Å². The fourth-order valence-electron chi connectivity index (χ4n) is 5.22. The van der Waals surface area contributed by atoms with Crippen LogP contribution in [0, 0.1) is 21.7 Å². The normalized spacial score (nSPS) is 16.4. The molecule has 0 spiro atoms. The third-order valence-corrected chi connectivity index (χ3v) is 5.68. The zero-order valence-electron chi connectivity index (χ0n) is 21.2. The molecule has 2 unspecified atom stereocenters. The minimum atomic E-state index is 0.204. The van der Waals surface area contributed by atoms with Crippen molar-refractivity contribution >= 4 is 0 Å². The molecule has 0 rings (SSSR count). The van der Waals surface area contributed by atoms with Crippen molar-refractivity contribution in [3.63, 3.8) is 0 Å². The molecule has 0 aromatic rings. The van der Waals surface area contributed by atoms with Crippen LogP contribution < -0.4 is 0 Å². The van der Waals surface area contributed by atoms with E-state index in [4.69, 9.17) is 4.74 Å². The highest BCUT2D eigenvalue weighted by molar-refractivity contribution is 4.89. The Hall–Kier alpha value is -0.0400. The summed E-state index contributed by atoms with van der Waals surface area (Å²) in [5.74, 6) is 0. The van der Waals surface area contributed by atoms with Crippen LogP contribution in [0.4, 0.5) is 0 Å². The standard InChI is InChI=1S/C26H54O/c1-13-15-17-21(25(9,10)19-23(3,4)5)27-22(18-16-14-2)26(11,12)20-24(6,7)8/h21-22H,13-20H2,1-12H3. The number of rotatable bonds is 12. The number of hydrogen-bond acceptors (Lipinski definition) is 1. The van der Waals surface area contributed by atoms with Crippen LogP contribution in [-0.4, -0.2) is 12.2 Å². The Balaban J connectivity index is 5.58. The topological polar surface area (TPSA) is 9.23 Å². The molecule has 0 aliphatic heterocycles. The van der Waals surface area contributed by atoms with E-state index in [1.165, 1.54) is 51.4 Å². The second-order valence-corrected chi connectivity index (χ2v) is 12.8. The van der Waals surface area contributed by atoms with Crippen molar-refractivity contribution in [1.29, 1.82) is 0 Å². The van der Waals surface area contributed by atoms with Gasteiger partial charge in [-0.1, -0.05) is 109 Å². The van der Waals surface area contributed by atoms with Crippen molar-refractivity contribution < 1.29 is 4.74 Å². The van der Waals surface area contributed by atoms with Gasteiger partial charge in [-0.05, 0) is 47.3 Å². The van der Waals surface area contributed by atoms with E-state index >= 15 is 0 Å². The van der Waals surface area contributed by atoms with Gasteiger partial charge < -0.3 is 4.74 Å². The lowest BCUT2D eigenvalue weighted by Crippen LogP contribution is -2.43. The van der Waals surface area contributed by atoms with Gasteiger partial charge in [-0.2, -0.15) is 0 Å². The quantitative estimate of drug-likeness (QED) is 0.327. The molecule has 164 valence electrons. The molecule has 0 heterocycles. The molecule has 0 bridgehead atoms. The number of ether oxygens (including phenoxy) is 1. The monoisotopic (exact) mass is 382 g/mol. The molecule has 0 N–H and O–H groups in total. The minimum absolute atomic E-state index is 0.204. The van der Waals surface area contributed by atoms with E-state index in [-0.39, 0.29) is 10.8 Å². The Labute approximate surface area is 173 Å². The summed E-state index contributed by atoms with van der Waals surface area (Å²) < 4.78 is 7.08. The summed E-state index contributed by atoms with van der Waals surface area (Å²) in [4.78, 5) is 0. The molecule has 0 amide bonds. The predicted octanol–water partition coefficient (Wildman–Crippen LogP) is 9.05. The lowest BCUT2D eigenvalue weighted by molar-refractivity contribution is -0.135. The Morgan fingerprint density at radius 1 is 0.556 bits per heavy atom. The van der Waals surface area contributed by atoms with Gasteiger partial charge in [0.2, 0.25) is 0 Å². The molecule has 0 aliphatic rings. The summed E-state index contributed by atoms with van der Waals surface area (Å²) in [6.45, 7) is 28.5. The Morgan fingerprint density at radius 3 is 1.07 bits per heavy atom. The van der Waals surface area contributed by atoms with Crippen molar-refractivity contribution in [3.8, 4) is 0 Å². The summed E-state index contributed by atoms with van der Waals surface area (Å²) in [6.07, 6.45) is 10.5. The highest BCUT2D eigenvalue weighted by atomic mass is 16.5. The average Bonchev–Trinajstić information content (AvgIpc) is 2.40. The lowest BCUT2D eigenvalue weighted by atomic mass is 9.70. The summed E-state index contributed by atoms with van der Waals surface area (Å²) in [7, 11) is 0. The van der Waals surface area contributed by atoms with Crippen LogP contribution in [0.2, 0.25) is 0 Å². The molecule has 1 heteroatoms. The van der Waals surface area contributed by atoms with Crippen molar-refractivity contribution in [1.82, 2.24) is 0 Å². The summed E-state index contributed by atoms with van der Waals surface area (Å²) >= 11 is 0. The largest absolute Gasteiger partial charge is 0.374 e. The zero-order chi connectivity index (χ0) is 21.5. The first-order chi connectivity index (χ1) is 12.0. The highest BCUT2D eigenvalue weighted by Gasteiger charge is 2.40. The van der Waals surface area contributed by atoms with Crippen molar-refractivity contribution in [2.45, 2.75) is 147 Å². The molecular weight excluding hydrogens is 328 g/mol. The second-order valence-electron chi connectivity index (χ2n) is 12.8. The summed E-state index contributed by atoms with van der Waals surface area (Å²) in [6, 6.07) is 0. The summed E-state index contributed by atoms with van der Waals surface area (Å²) in [5, 5.41) is 0. The van der Waals surface area contributed by atoms with Crippen molar-refractivity contribution in [3.05, 3.63) is 0 Å². The van der Waals surface area contributed by atoms with E-state index in [2.05, 4.69) is 83.1 Å². The van der Waals surface area contributed by atoms with Crippen LogP contribution in [0.3, 0.4) is 0 Å². The summed E-state index contributed by atoms with van der Waals surface area (Å²) in [5.41, 5.74) is 1.07. The van der Waals surface area contributed by atoms with E-state index in [0.717, 1.165) is 0 Å². The van der Waals surface area contributed by atoms with E-state index in [9.17, 15) is 0 Å². The molecular formula is C26H54O. The first kappa shape index (κ1) is 27.0. The maximum absolute atomic E-state index is 7.08. The maximum Gasteiger partial charge on any atom is 0.0630 e. The van der Waals surface area contributed by atoms with Gasteiger partial charge in [-0.25, -0.2) is 0 Å². The van der Waals surface area contributed by atoms with Crippen molar-refractivity contribution in [2.24, 2.45) is 21.7 Å². The molecule has 0 radical (unpaired) electrons. The lowest BCUT2D eigenvalue weighted by Gasteiger charge is -2.45. The Kier molecular flexibility index (Phi) is 10.6. The molecule has 0 saturated heterocycles. The van der Waals surface area contributed by atoms with Crippen LogP contribution in [0.1, 0.15) is 134 Å². The van der Waals surface area contributed by atoms with Crippen LogP contribution >= 0.6 is 0 Å². The maximum atomic E-state index is 7.08. The molecule has 0 saturated carbocycles. The Morgan fingerprint density at radius 2 is 0.852 bits per heavy atom. The smallest absolute Gasteiger partial charge is 0.0630 e. The zero-order valence-corrected chi connectivity index (χ0v) is 21.2. The predicted molar refractivity (Wildman–Crippen MR) is 123 cm³/mol. The Bertz CT molecular complexity index is 353. The van der Waals surface area contributed by atoms with Gasteiger partial charge in [0, 0.05) is 0 Å². The number of hydrogen-bond donors (Lipinski definition) is 0. The van der Waals surface area contributed by atoms with Gasteiger partial charge in [0.15, 0.2) is 0 Å². The first-order valence-electron chi connectivity index (χ1n) is 11.7. The molecule has 27 heavy (non-hydrogen) atoms. The molecule has 2 atom stereocenters. The molecule has 0 aromatic heterocycles. The van der Waals surface area contributed by atoms with E-state index < -0.39 is 0 Å². The number of unbranched alkanes of at least 4 members (excludes halogenated alkanes) is 2. The highest BCUT2D eigenvalue weighted by Crippen LogP contribution is 2.44. The fraction of sp³-hybridized carbons (Fsp3) is 1.00. The minimum Gasteiger partial charge on any atom is -0.374 e. The molecule has 0 fully saturated rings. The first-order valence-corrected chi connectivity index (χ1v) is 11.7. The van der Waals surface area contributed by atoms with E-state index in [1.54, 1.807) is 0 Å². The van der Waals surface area contributed by atoms with Gasteiger partial charge in [-0.15, -0.1) is 0 Å². The molecule has 0 aliphatic carbocycles. The SMILES string of the molecule is CCCCC(OC(CCCC)C(C)(C)CC(C)(C)C)C(C)(C)CC(C)(C)C. The van der Waals surface area contributed by atoms with Gasteiger partial charge in [0.05, 0.1) is 12.2 Å². The molecule has 0 aromatic carbocycles. The van der Waals surface area contributed by atoms with E-state index in [1.807, 2.05) is 0 Å². The van der Waals surface area contributed by atoms with Crippen LogP contribution in [0.25, 0.3) is 0 Å². The molecule has 1 nitrogen and oxygen atoms in total. The van der Waals surface area contributed by atoms with Crippen LogP contribution in [-0.2, 0) is 4.74 Å². The van der Waals surface area contributed by atoms with Crippen LogP contribution in [0.5, 0.6) is 0 Å². The third kappa shape index (κ3) is 11.5. The third-order valence-electron chi connectivity index (χ3n) is 5.68. The van der Waals surface area contributed by atoms with Gasteiger partial charge in [-0.3, -0.25) is 0 Å². The van der Waals surface area contributed by atoms with Gasteiger partial charge >= 0.3 is 0 Å². The van der Waals surface area contributed by atoms with Crippen LogP contribution in [0.15, 0.2) is 0 Å². The fourth-order valence-corrected chi connectivity index (χ4v) is 5.22. The second kappa shape index (κ2) is 10.7. The van der Waals surface area contributed by atoms with E-state index in [0.29, 0.717) is 23.0 Å².